The van der Waals surface area contributed by atoms with Gasteiger partial charge in [0.15, 0.2) is 11.4 Å². The first kappa shape index (κ1) is 20.7. The molecule has 0 saturated carbocycles. The fourth-order valence-corrected chi connectivity index (χ4v) is 4.37. The van der Waals surface area contributed by atoms with Crippen LogP contribution in [0.5, 0.6) is 0 Å². The molecule has 1 aliphatic heterocycles. The summed E-state index contributed by atoms with van der Waals surface area (Å²) in [6, 6.07) is 12.0. The molecule has 4 aromatic rings. The molecule has 0 spiro atoms. The third-order valence-electron chi connectivity index (χ3n) is 5.96. The number of hydrogen-bond donors (Lipinski definition) is 0. The minimum absolute atomic E-state index is 0.0715. The van der Waals surface area contributed by atoms with Gasteiger partial charge in [0.2, 0.25) is 0 Å². The number of carbonyl (C=O) groups is 1. The summed E-state index contributed by atoms with van der Waals surface area (Å²) in [6.07, 6.45) is 1.57. The van der Waals surface area contributed by atoms with Crippen molar-refractivity contribution in [2.45, 2.75) is 6.92 Å². The monoisotopic (exact) mass is 446 g/mol. The van der Waals surface area contributed by atoms with Crippen molar-refractivity contribution < 1.29 is 14.1 Å². The molecule has 1 aromatic carbocycles. The van der Waals surface area contributed by atoms with E-state index in [4.69, 9.17) is 4.42 Å². The molecule has 1 saturated heterocycles. The maximum Gasteiger partial charge on any atom is 0.292 e. The number of rotatable bonds is 4. The number of anilines is 1. The van der Waals surface area contributed by atoms with Crippen LogP contribution >= 0.6 is 0 Å². The van der Waals surface area contributed by atoms with E-state index in [0.717, 1.165) is 11.1 Å². The van der Waals surface area contributed by atoms with Crippen molar-refractivity contribution in [2.75, 3.05) is 31.1 Å². The summed E-state index contributed by atoms with van der Waals surface area (Å²) in [5, 5.41) is 16.6. The molecule has 0 N–H and O–H groups in total. The fraction of sp³-hybridized carbons (Fsp3) is 0.261. The zero-order valence-electron chi connectivity index (χ0n) is 18.3. The smallest absolute Gasteiger partial charge is 0.292 e. The molecule has 0 aliphatic carbocycles. The van der Waals surface area contributed by atoms with Gasteiger partial charge in [0.1, 0.15) is 11.4 Å². The Morgan fingerprint density at radius 3 is 2.58 bits per heavy atom. The molecule has 10 nitrogen and oxygen atoms in total. The van der Waals surface area contributed by atoms with Crippen molar-refractivity contribution in [3.63, 3.8) is 0 Å². The number of piperazine rings is 1. The highest BCUT2D eigenvalue weighted by Gasteiger charge is 2.28. The van der Waals surface area contributed by atoms with Gasteiger partial charge in [-0.1, -0.05) is 12.1 Å². The zero-order valence-corrected chi connectivity index (χ0v) is 18.3. The van der Waals surface area contributed by atoms with Gasteiger partial charge < -0.3 is 14.2 Å². The highest BCUT2D eigenvalue weighted by atomic mass is 16.6. The Bertz CT molecular complexity index is 1350. The lowest BCUT2D eigenvalue weighted by molar-refractivity contribution is -0.384. The van der Waals surface area contributed by atoms with Crippen molar-refractivity contribution in [1.82, 2.24) is 19.7 Å². The molecule has 33 heavy (non-hydrogen) atoms. The summed E-state index contributed by atoms with van der Waals surface area (Å²) in [7, 11) is 1.80. The van der Waals surface area contributed by atoms with Gasteiger partial charge in [-0.05, 0) is 31.2 Å². The standard InChI is InChI=1S/C23H22N6O4/c1-15-21-16(14-17(20-8-5-13-33-20)24-22(21)26(2)25-15)23(30)28-11-9-27(10-12-28)18-6-3-4-7-19(18)29(31)32/h3-8,13-14H,9-12H2,1-2H3. The second kappa shape index (κ2) is 8.05. The van der Waals surface area contributed by atoms with Crippen molar-refractivity contribution >= 4 is 28.3 Å². The minimum Gasteiger partial charge on any atom is -0.463 e. The van der Waals surface area contributed by atoms with Crippen LogP contribution < -0.4 is 4.90 Å². The van der Waals surface area contributed by atoms with E-state index < -0.39 is 0 Å². The Morgan fingerprint density at radius 1 is 1.12 bits per heavy atom. The fourth-order valence-electron chi connectivity index (χ4n) is 4.37. The quantitative estimate of drug-likeness (QED) is 0.349. The second-order valence-electron chi connectivity index (χ2n) is 7.97. The van der Waals surface area contributed by atoms with E-state index >= 15 is 0 Å². The summed E-state index contributed by atoms with van der Waals surface area (Å²) in [5.74, 6) is 0.458. The van der Waals surface area contributed by atoms with Crippen LogP contribution in [0.2, 0.25) is 0 Å². The number of aryl methyl sites for hydroxylation is 2. The Morgan fingerprint density at radius 2 is 1.88 bits per heavy atom. The van der Waals surface area contributed by atoms with Crippen molar-refractivity contribution in [2.24, 2.45) is 7.05 Å². The number of fused-ring (bicyclic) bond motifs is 1. The number of carbonyl (C=O) groups excluding carboxylic acids is 1. The predicted octanol–water partition coefficient (Wildman–Crippen LogP) is 3.41. The molecule has 10 heteroatoms. The average Bonchev–Trinajstić information content (AvgIpc) is 3.47. The molecule has 4 heterocycles. The number of nitrogens with zero attached hydrogens (tertiary/aromatic N) is 6. The van der Waals surface area contributed by atoms with Gasteiger partial charge in [-0.3, -0.25) is 19.6 Å². The van der Waals surface area contributed by atoms with Gasteiger partial charge in [-0.15, -0.1) is 0 Å². The normalized spacial score (nSPS) is 14.1. The van der Waals surface area contributed by atoms with Crippen molar-refractivity contribution in [3.8, 4) is 11.5 Å². The summed E-state index contributed by atoms with van der Waals surface area (Å²) in [4.78, 5) is 33.0. The largest absolute Gasteiger partial charge is 0.463 e. The number of hydrogen-bond acceptors (Lipinski definition) is 7. The van der Waals surface area contributed by atoms with Crippen LogP contribution in [0, 0.1) is 17.0 Å². The summed E-state index contributed by atoms with van der Waals surface area (Å²) in [6.45, 7) is 3.76. The molecule has 5 rings (SSSR count). The van der Waals surface area contributed by atoms with Gasteiger partial charge in [0, 0.05) is 39.3 Å². The van der Waals surface area contributed by atoms with Gasteiger partial charge in [0.25, 0.3) is 11.6 Å². The number of aromatic nitrogens is 3. The van der Waals surface area contributed by atoms with Gasteiger partial charge in [-0.2, -0.15) is 5.10 Å². The van der Waals surface area contributed by atoms with Crippen LogP contribution in [0.4, 0.5) is 11.4 Å². The molecule has 0 bridgehead atoms. The van der Waals surface area contributed by atoms with Crippen LogP contribution in [-0.4, -0.2) is 56.7 Å². The van der Waals surface area contributed by atoms with Crippen LogP contribution in [0.1, 0.15) is 16.1 Å². The lowest BCUT2D eigenvalue weighted by atomic mass is 10.1. The molecular formula is C23H22N6O4. The third-order valence-corrected chi connectivity index (χ3v) is 5.96. The van der Waals surface area contributed by atoms with E-state index in [0.29, 0.717) is 54.5 Å². The molecule has 0 atom stereocenters. The van der Waals surface area contributed by atoms with E-state index in [1.165, 1.54) is 6.07 Å². The lowest BCUT2D eigenvalue weighted by Gasteiger charge is -2.36. The van der Waals surface area contributed by atoms with E-state index in [2.05, 4.69) is 10.1 Å². The molecule has 0 radical (unpaired) electrons. The average molecular weight is 446 g/mol. The zero-order chi connectivity index (χ0) is 23.1. The molecule has 1 fully saturated rings. The minimum atomic E-state index is -0.373. The van der Waals surface area contributed by atoms with Gasteiger partial charge in [-0.25, -0.2) is 4.98 Å². The van der Waals surface area contributed by atoms with E-state index in [1.54, 1.807) is 59.3 Å². The van der Waals surface area contributed by atoms with E-state index in [1.807, 2.05) is 11.8 Å². The number of furan rings is 1. The molecular weight excluding hydrogens is 424 g/mol. The number of pyridine rings is 1. The number of para-hydroxylation sites is 2. The molecule has 1 amide bonds. The van der Waals surface area contributed by atoms with E-state index in [9.17, 15) is 14.9 Å². The topological polar surface area (TPSA) is 111 Å². The van der Waals surface area contributed by atoms with Gasteiger partial charge in [0.05, 0.1) is 27.8 Å². The first-order valence-corrected chi connectivity index (χ1v) is 10.6. The summed E-state index contributed by atoms with van der Waals surface area (Å²) < 4.78 is 7.18. The summed E-state index contributed by atoms with van der Waals surface area (Å²) in [5.41, 5.74) is 3.08. The molecule has 168 valence electrons. The first-order valence-electron chi connectivity index (χ1n) is 10.6. The Balaban J connectivity index is 1.45. The Hall–Kier alpha value is -4.21. The van der Waals surface area contributed by atoms with E-state index in [-0.39, 0.29) is 16.5 Å². The maximum atomic E-state index is 13.6. The lowest BCUT2D eigenvalue weighted by Crippen LogP contribution is -2.49. The van der Waals surface area contributed by atoms with Crippen LogP contribution in [0.15, 0.2) is 53.1 Å². The predicted molar refractivity (Wildman–Crippen MR) is 122 cm³/mol. The highest BCUT2D eigenvalue weighted by Crippen LogP contribution is 2.30. The first-order chi connectivity index (χ1) is 15.9. The van der Waals surface area contributed by atoms with Crippen LogP contribution in [0.25, 0.3) is 22.5 Å². The molecule has 3 aromatic heterocycles. The number of nitro groups is 1. The van der Waals surface area contributed by atoms with Crippen LogP contribution in [-0.2, 0) is 7.05 Å². The van der Waals surface area contributed by atoms with Crippen molar-refractivity contribution in [1.29, 1.82) is 0 Å². The van der Waals surface area contributed by atoms with Crippen molar-refractivity contribution in [3.05, 3.63) is 70.1 Å². The maximum absolute atomic E-state index is 13.6. The number of nitro benzene ring substituents is 1. The summed E-state index contributed by atoms with van der Waals surface area (Å²) >= 11 is 0. The highest BCUT2D eigenvalue weighted by molar-refractivity contribution is 6.07. The van der Waals surface area contributed by atoms with Gasteiger partial charge >= 0.3 is 0 Å². The third kappa shape index (κ3) is 3.59. The second-order valence-corrected chi connectivity index (χ2v) is 7.97. The molecule has 0 unspecified atom stereocenters. The molecule has 1 aliphatic rings. The van der Waals surface area contributed by atoms with Crippen LogP contribution in [0.3, 0.4) is 0 Å². The SMILES string of the molecule is Cc1nn(C)c2nc(-c3ccco3)cc(C(=O)N3CCN(c4ccccc4[N+](=O)[O-])CC3)c12. The number of amides is 1. The Kier molecular flexibility index (Phi) is 5.04. The Labute approximate surface area is 189 Å². The number of benzene rings is 1.